The summed E-state index contributed by atoms with van der Waals surface area (Å²) in [6.45, 7) is 6.27. The van der Waals surface area contributed by atoms with Gasteiger partial charge in [0.25, 0.3) is 0 Å². The van der Waals surface area contributed by atoms with Gasteiger partial charge in [0.05, 0.1) is 16.6 Å². The third kappa shape index (κ3) is 4.23. The summed E-state index contributed by atoms with van der Waals surface area (Å²) in [6.07, 6.45) is 1.99. The summed E-state index contributed by atoms with van der Waals surface area (Å²) in [5, 5.41) is 3.27. The van der Waals surface area contributed by atoms with Crippen molar-refractivity contribution in [2.75, 3.05) is 11.9 Å². The normalized spacial score (nSPS) is 12.1. The average molecular weight is 533 g/mol. The molecule has 2 aromatic heterocycles. The Balaban J connectivity index is 1.47. The molecule has 5 nitrogen and oxygen atoms in total. The summed E-state index contributed by atoms with van der Waals surface area (Å²) in [5.74, 6) is 1.32. The number of hydrogen-bond acceptors (Lipinski definition) is 5. The van der Waals surface area contributed by atoms with Crippen molar-refractivity contribution in [3.05, 3.63) is 127 Å². The van der Waals surface area contributed by atoms with E-state index in [-0.39, 0.29) is 5.92 Å². The largest absolute Gasteiger partial charge is 0.436 e. The van der Waals surface area contributed by atoms with Crippen LogP contribution in [-0.4, -0.2) is 22.0 Å². The van der Waals surface area contributed by atoms with Crippen molar-refractivity contribution in [2.45, 2.75) is 12.8 Å². The lowest BCUT2D eigenvalue weighted by Crippen LogP contribution is -2.16. The Kier molecular flexibility index (Phi) is 6.05. The predicted molar refractivity (Wildman–Crippen MR) is 169 cm³/mol. The molecule has 7 aromatic rings. The molecule has 0 bridgehead atoms. The van der Waals surface area contributed by atoms with Crippen LogP contribution in [0.1, 0.15) is 18.4 Å². The maximum atomic E-state index is 6.21. The molecule has 41 heavy (non-hydrogen) atoms. The van der Waals surface area contributed by atoms with E-state index in [0.717, 1.165) is 38.9 Å². The Labute approximate surface area is 238 Å². The van der Waals surface area contributed by atoms with Crippen molar-refractivity contribution in [1.29, 1.82) is 0 Å². The molecule has 0 fully saturated rings. The first kappa shape index (κ1) is 24.7. The van der Waals surface area contributed by atoms with Gasteiger partial charge in [-0.05, 0) is 46.7 Å². The lowest BCUT2D eigenvalue weighted by Gasteiger charge is -2.25. The Morgan fingerprint density at radius 3 is 2.22 bits per heavy atom. The van der Waals surface area contributed by atoms with Crippen molar-refractivity contribution in [3.63, 3.8) is 0 Å². The van der Waals surface area contributed by atoms with E-state index < -0.39 is 0 Å². The Morgan fingerprint density at radius 2 is 1.46 bits per heavy atom. The molecule has 5 aromatic carbocycles. The first-order valence-electron chi connectivity index (χ1n) is 13.7. The standard InChI is InChI=1S/C36H28N4O/c1-4-23(2)31-27-18-12-11-13-24(27)19-21-29(31)40(3)36-37-28-20-22-30-34(38-35(41-30)26-16-9-6-10-17-26)32(28)33(39-36)25-14-7-5-8-15-25/h4-23H,1H2,2-3H3. The lowest BCUT2D eigenvalue weighted by molar-refractivity contribution is 0.620. The van der Waals surface area contributed by atoms with Gasteiger partial charge in [-0.2, -0.15) is 0 Å². The minimum atomic E-state index is 0.138. The maximum Gasteiger partial charge on any atom is 0.230 e. The molecule has 7 rings (SSSR count). The number of benzene rings is 5. The smallest absolute Gasteiger partial charge is 0.230 e. The fourth-order valence-electron chi connectivity index (χ4n) is 5.54. The van der Waals surface area contributed by atoms with Gasteiger partial charge in [-0.15, -0.1) is 6.58 Å². The second-order valence-corrected chi connectivity index (χ2v) is 10.2. The Morgan fingerprint density at radius 1 is 0.756 bits per heavy atom. The van der Waals surface area contributed by atoms with Crippen LogP contribution in [0.15, 0.2) is 126 Å². The van der Waals surface area contributed by atoms with E-state index in [1.54, 1.807) is 0 Å². The summed E-state index contributed by atoms with van der Waals surface area (Å²) in [6, 6.07) is 36.9. The molecule has 0 aliphatic rings. The Bertz CT molecular complexity index is 2050. The predicted octanol–water partition coefficient (Wildman–Crippen LogP) is 9.32. The zero-order valence-electron chi connectivity index (χ0n) is 23.0. The monoisotopic (exact) mass is 532 g/mol. The SMILES string of the molecule is C=CC(C)c1c(N(C)c2nc(-c3ccccc3)c3c(ccc4oc(-c5ccccc5)nc43)n2)ccc2ccccc12. The molecule has 0 amide bonds. The van der Waals surface area contributed by atoms with E-state index in [0.29, 0.717) is 17.4 Å². The van der Waals surface area contributed by atoms with Crippen LogP contribution >= 0.6 is 0 Å². The summed E-state index contributed by atoms with van der Waals surface area (Å²) in [7, 11) is 2.03. The molecule has 1 unspecified atom stereocenters. The van der Waals surface area contributed by atoms with Gasteiger partial charge in [0, 0.05) is 29.8 Å². The zero-order valence-corrected chi connectivity index (χ0v) is 23.0. The number of anilines is 2. The van der Waals surface area contributed by atoms with E-state index in [2.05, 4.69) is 66.9 Å². The van der Waals surface area contributed by atoms with Gasteiger partial charge in [-0.25, -0.2) is 15.0 Å². The van der Waals surface area contributed by atoms with E-state index in [1.807, 2.05) is 73.8 Å². The van der Waals surface area contributed by atoms with Crippen LogP contribution < -0.4 is 4.90 Å². The fourth-order valence-corrected chi connectivity index (χ4v) is 5.54. The van der Waals surface area contributed by atoms with Crippen molar-refractivity contribution < 1.29 is 4.42 Å². The molecule has 5 heteroatoms. The van der Waals surface area contributed by atoms with Gasteiger partial charge in [0.1, 0.15) is 5.52 Å². The second kappa shape index (κ2) is 10.0. The second-order valence-electron chi connectivity index (χ2n) is 10.2. The number of hydrogen-bond donors (Lipinski definition) is 0. The number of fused-ring (bicyclic) bond motifs is 4. The first-order valence-corrected chi connectivity index (χ1v) is 13.7. The maximum absolute atomic E-state index is 6.21. The minimum absolute atomic E-state index is 0.138. The summed E-state index contributed by atoms with van der Waals surface area (Å²) in [4.78, 5) is 17.3. The molecule has 0 aliphatic carbocycles. The molecule has 1 atom stereocenters. The highest BCUT2D eigenvalue weighted by molar-refractivity contribution is 6.10. The Hall–Kier alpha value is -5.29. The van der Waals surface area contributed by atoms with Crippen LogP contribution in [0.4, 0.5) is 11.6 Å². The van der Waals surface area contributed by atoms with Gasteiger partial charge in [0.15, 0.2) is 5.58 Å². The van der Waals surface area contributed by atoms with Crippen LogP contribution in [0.25, 0.3) is 55.5 Å². The molecule has 2 heterocycles. The number of rotatable bonds is 6. The van der Waals surface area contributed by atoms with Crippen LogP contribution in [0.2, 0.25) is 0 Å². The number of allylic oxidation sites excluding steroid dienone is 1. The van der Waals surface area contributed by atoms with E-state index in [1.165, 1.54) is 16.3 Å². The lowest BCUT2D eigenvalue weighted by atomic mass is 9.92. The average Bonchev–Trinajstić information content (AvgIpc) is 3.48. The zero-order chi connectivity index (χ0) is 27.9. The van der Waals surface area contributed by atoms with Crippen molar-refractivity contribution in [1.82, 2.24) is 15.0 Å². The first-order chi connectivity index (χ1) is 20.1. The van der Waals surface area contributed by atoms with E-state index in [9.17, 15) is 0 Å². The van der Waals surface area contributed by atoms with Gasteiger partial charge in [0.2, 0.25) is 11.8 Å². The topological polar surface area (TPSA) is 55.1 Å². The number of nitrogens with zero attached hydrogens (tertiary/aromatic N) is 4. The molecule has 0 radical (unpaired) electrons. The molecule has 0 aliphatic heterocycles. The van der Waals surface area contributed by atoms with Gasteiger partial charge in [-0.1, -0.05) is 91.9 Å². The van der Waals surface area contributed by atoms with Gasteiger partial charge >= 0.3 is 0 Å². The van der Waals surface area contributed by atoms with Gasteiger partial charge in [-0.3, -0.25) is 0 Å². The highest BCUT2D eigenvalue weighted by Gasteiger charge is 2.22. The van der Waals surface area contributed by atoms with Crippen molar-refractivity contribution >= 4 is 44.4 Å². The summed E-state index contributed by atoms with van der Waals surface area (Å²) < 4.78 is 6.21. The molecule has 0 spiro atoms. The third-order valence-electron chi connectivity index (χ3n) is 7.69. The number of aromatic nitrogens is 3. The molecular weight excluding hydrogens is 504 g/mol. The fraction of sp³-hybridized carbons (Fsp3) is 0.0833. The number of oxazole rings is 1. The van der Waals surface area contributed by atoms with Crippen molar-refractivity contribution in [2.24, 2.45) is 0 Å². The molecule has 0 N–H and O–H groups in total. The third-order valence-corrected chi connectivity index (χ3v) is 7.69. The van der Waals surface area contributed by atoms with E-state index >= 15 is 0 Å². The molecule has 0 saturated heterocycles. The molecular formula is C36H28N4O. The van der Waals surface area contributed by atoms with Crippen molar-refractivity contribution in [3.8, 4) is 22.7 Å². The highest BCUT2D eigenvalue weighted by Crippen LogP contribution is 2.40. The van der Waals surface area contributed by atoms with Crippen LogP contribution in [0.3, 0.4) is 0 Å². The van der Waals surface area contributed by atoms with Gasteiger partial charge < -0.3 is 9.32 Å². The van der Waals surface area contributed by atoms with Crippen LogP contribution in [-0.2, 0) is 0 Å². The van der Waals surface area contributed by atoms with Crippen LogP contribution in [0, 0.1) is 0 Å². The minimum Gasteiger partial charge on any atom is -0.436 e. The highest BCUT2D eigenvalue weighted by atomic mass is 16.3. The summed E-state index contributed by atoms with van der Waals surface area (Å²) >= 11 is 0. The summed E-state index contributed by atoms with van der Waals surface area (Å²) in [5.41, 5.74) is 7.24. The quantitative estimate of drug-likeness (QED) is 0.200. The van der Waals surface area contributed by atoms with E-state index in [4.69, 9.17) is 19.4 Å². The molecule has 0 saturated carbocycles. The molecule has 198 valence electrons. The van der Waals surface area contributed by atoms with Crippen LogP contribution in [0.5, 0.6) is 0 Å².